The third kappa shape index (κ3) is 3.96. The number of amides is 1. The summed E-state index contributed by atoms with van der Waals surface area (Å²) < 4.78 is 5.59. The van der Waals surface area contributed by atoms with Crippen LogP contribution in [0.3, 0.4) is 0 Å². The molecule has 0 radical (unpaired) electrons. The summed E-state index contributed by atoms with van der Waals surface area (Å²) in [7, 11) is 0. The van der Waals surface area contributed by atoms with Crippen LogP contribution < -0.4 is 15.4 Å². The van der Waals surface area contributed by atoms with E-state index in [2.05, 4.69) is 36.6 Å². The number of ether oxygens (including phenoxy) is 1. The summed E-state index contributed by atoms with van der Waals surface area (Å²) in [6, 6.07) is 8.12. The van der Waals surface area contributed by atoms with Crippen LogP contribution in [0.1, 0.15) is 25.3 Å². The van der Waals surface area contributed by atoms with Crippen molar-refractivity contribution >= 4 is 5.91 Å². The van der Waals surface area contributed by atoms with Crippen LogP contribution in [0.5, 0.6) is 5.75 Å². The Balaban J connectivity index is 1.66. The molecule has 2 N–H and O–H groups in total. The molecule has 4 nitrogen and oxygen atoms in total. The van der Waals surface area contributed by atoms with Gasteiger partial charge in [-0.25, -0.2) is 0 Å². The van der Waals surface area contributed by atoms with Crippen LogP contribution in [0.2, 0.25) is 0 Å². The molecule has 4 heteroatoms. The van der Waals surface area contributed by atoms with Crippen molar-refractivity contribution in [3.63, 3.8) is 0 Å². The number of benzene rings is 1. The van der Waals surface area contributed by atoms with Gasteiger partial charge in [0, 0.05) is 13.1 Å². The van der Waals surface area contributed by atoms with E-state index in [1.54, 1.807) is 0 Å². The van der Waals surface area contributed by atoms with Gasteiger partial charge in [0.2, 0.25) is 5.91 Å². The molecule has 2 rings (SSSR count). The monoisotopic (exact) mass is 262 g/mol. The summed E-state index contributed by atoms with van der Waals surface area (Å²) in [6.45, 7) is 6.99. The molecule has 1 saturated heterocycles. The van der Waals surface area contributed by atoms with E-state index in [0.717, 1.165) is 18.8 Å². The molecule has 1 aromatic rings. The molecule has 0 saturated carbocycles. The zero-order valence-corrected chi connectivity index (χ0v) is 11.6. The standard InChI is InChI=1S/C15H22N2O2/c1-11(2)12-3-5-14(6-4-12)19-8-7-17-15(18)13-9-16-10-13/h3-6,11,13,16H,7-10H2,1-2H3,(H,17,18). The van der Waals surface area contributed by atoms with Crippen molar-refractivity contribution in [1.29, 1.82) is 0 Å². The summed E-state index contributed by atoms with van der Waals surface area (Å²) in [5, 5.41) is 5.96. The fraction of sp³-hybridized carbons (Fsp3) is 0.533. The van der Waals surface area contributed by atoms with Crippen LogP contribution in [0.4, 0.5) is 0 Å². The number of carbonyl (C=O) groups excluding carboxylic acids is 1. The molecule has 0 aliphatic carbocycles. The summed E-state index contributed by atoms with van der Waals surface area (Å²) in [5.74, 6) is 1.65. The Morgan fingerprint density at radius 1 is 1.37 bits per heavy atom. The van der Waals surface area contributed by atoms with Gasteiger partial charge in [0.1, 0.15) is 12.4 Å². The van der Waals surface area contributed by atoms with Gasteiger partial charge in [-0.05, 0) is 23.6 Å². The van der Waals surface area contributed by atoms with E-state index in [4.69, 9.17) is 4.74 Å². The van der Waals surface area contributed by atoms with Crippen molar-refractivity contribution in [3.8, 4) is 5.75 Å². The lowest BCUT2D eigenvalue weighted by Crippen LogP contribution is -2.51. The van der Waals surface area contributed by atoms with Gasteiger partial charge in [-0.2, -0.15) is 0 Å². The maximum atomic E-state index is 11.5. The highest BCUT2D eigenvalue weighted by Gasteiger charge is 2.24. The van der Waals surface area contributed by atoms with Crippen molar-refractivity contribution in [1.82, 2.24) is 10.6 Å². The minimum Gasteiger partial charge on any atom is -0.492 e. The maximum Gasteiger partial charge on any atom is 0.225 e. The number of hydrogen-bond acceptors (Lipinski definition) is 3. The quantitative estimate of drug-likeness (QED) is 0.764. The average molecular weight is 262 g/mol. The van der Waals surface area contributed by atoms with Gasteiger partial charge in [-0.15, -0.1) is 0 Å². The van der Waals surface area contributed by atoms with Crippen LogP contribution in [0.25, 0.3) is 0 Å². The van der Waals surface area contributed by atoms with E-state index in [1.165, 1.54) is 5.56 Å². The molecule has 1 amide bonds. The number of nitrogens with one attached hydrogen (secondary N) is 2. The Morgan fingerprint density at radius 2 is 2.05 bits per heavy atom. The van der Waals surface area contributed by atoms with Crippen molar-refractivity contribution in [2.24, 2.45) is 5.92 Å². The van der Waals surface area contributed by atoms with Gasteiger partial charge in [-0.3, -0.25) is 4.79 Å². The lowest BCUT2D eigenvalue weighted by atomic mass is 10.0. The minimum atomic E-state index is 0.123. The highest BCUT2D eigenvalue weighted by molar-refractivity contribution is 5.79. The number of carbonyl (C=O) groups is 1. The summed E-state index contributed by atoms with van der Waals surface area (Å²) in [4.78, 5) is 11.5. The largest absolute Gasteiger partial charge is 0.492 e. The molecule has 0 aromatic heterocycles. The summed E-state index contributed by atoms with van der Waals surface area (Å²) >= 11 is 0. The third-order valence-corrected chi connectivity index (χ3v) is 3.37. The number of hydrogen-bond donors (Lipinski definition) is 2. The van der Waals surface area contributed by atoms with E-state index in [9.17, 15) is 4.79 Å². The van der Waals surface area contributed by atoms with Gasteiger partial charge in [0.15, 0.2) is 0 Å². The first-order valence-corrected chi connectivity index (χ1v) is 6.88. The molecule has 0 bridgehead atoms. The topological polar surface area (TPSA) is 50.4 Å². The fourth-order valence-electron chi connectivity index (χ4n) is 1.91. The van der Waals surface area contributed by atoms with E-state index < -0.39 is 0 Å². The van der Waals surface area contributed by atoms with Crippen molar-refractivity contribution in [2.45, 2.75) is 19.8 Å². The molecule has 0 spiro atoms. The molecule has 0 unspecified atom stereocenters. The van der Waals surface area contributed by atoms with Crippen molar-refractivity contribution in [2.75, 3.05) is 26.2 Å². The molecule has 1 aliphatic heterocycles. The van der Waals surface area contributed by atoms with E-state index in [0.29, 0.717) is 19.1 Å². The van der Waals surface area contributed by atoms with Crippen molar-refractivity contribution in [3.05, 3.63) is 29.8 Å². The Kier molecular flexibility index (Phi) is 4.80. The Hall–Kier alpha value is -1.55. The predicted molar refractivity (Wildman–Crippen MR) is 75.4 cm³/mol. The molecule has 1 aliphatic rings. The van der Waals surface area contributed by atoms with Gasteiger partial charge >= 0.3 is 0 Å². The van der Waals surface area contributed by atoms with Crippen LogP contribution >= 0.6 is 0 Å². The molecule has 1 fully saturated rings. The van der Waals surface area contributed by atoms with Gasteiger partial charge in [0.25, 0.3) is 0 Å². The molecule has 1 aromatic carbocycles. The Morgan fingerprint density at radius 3 is 2.58 bits per heavy atom. The maximum absolute atomic E-state index is 11.5. The SMILES string of the molecule is CC(C)c1ccc(OCCNC(=O)C2CNC2)cc1. The van der Waals surface area contributed by atoms with Crippen LogP contribution in [-0.4, -0.2) is 32.1 Å². The highest BCUT2D eigenvalue weighted by atomic mass is 16.5. The molecule has 0 atom stereocenters. The Labute approximate surface area is 114 Å². The molecular formula is C15H22N2O2. The average Bonchev–Trinajstić information content (AvgIpc) is 2.33. The highest BCUT2D eigenvalue weighted by Crippen LogP contribution is 2.18. The molecule has 104 valence electrons. The fourth-order valence-corrected chi connectivity index (χ4v) is 1.91. The van der Waals surface area contributed by atoms with Gasteiger partial charge in [0.05, 0.1) is 12.5 Å². The Bertz CT molecular complexity index is 411. The lowest BCUT2D eigenvalue weighted by Gasteiger charge is -2.25. The molecular weight excluding hydrogens is 240 g/mol. The number of rotatable bonds is 6. The first kappa shape index (κ1) is 13.9. The van der Waals surface area contributed by atoms with Gasteiger partial charge in [-0.1, -0.05) is 26.0 Å². The normalized spacial score (nSPS) is 15.1. The second-order valence-electron chi connectivity index (χ2n) is 5.22. The van der Waals surface area contributed by atoms with Crippen LogP contribution in [0, 0.1) is 5.92 Å². The van der Waals surface area contributed by atoms with E-state index in [1.807, 2.05) is 12.1 Å². The smallest absolute Gasteiger partial charge is 0.225 e. The molecule has 1 heterocycles. The minimum absolute atomic E-state index is 0.123. The summed E-state index contributed by atoms with van der Waals surface area (Å²) in [6.07, 6.45) is 0. The molecule has 19 heavy (non-hydrogen) atoms. The third-order valence-electron chi connectivity index (χ3n) is 3.37. The summed E-state index contributed by atoms with van der Waals surface area (Å²) in [5.41, 5.74) is 1.30. The lowest BCUT2D eigenvalue weighted by molar-refractivity contribution is -0.126. The van der Waals surface area contributed by atoms with Crippen LogP contribution in [-0.2, 0) is 4.79 Å². The first-order valence-electron chi connectivity index (χ1n) is 6.88. The zero-order valence-electron chi connectivity index (χ0n) is 11.6. The van der Waals surface area contributed by atoms with E-state index in [-0.39, 0.29) is 11.8 Å². The van der Waals surface area contributed by atoms with Gasteiger partial charge < -0.3 is 15.4 Å². The first-order chi connectivity index (χ1) is 9.16. The predicted octanol–water partition coefficient (Wildman–Crippen LogP) is 1.52. The van der Waals surface area contributed by atoms with Crippen molar-refractivity contribution < 1.29 is 9.53 Å². The van der Waals surface area contributed by atoms with Crippen LogP contribution in [0.15, 0.2) is 24.3 Å². The second-order valence-corrected chi connectivity index (χ2v) is 5.22. The second kappa shape index (κ2) is 6.57. The zero-order chi connectivity index (χ0) is 13.7. The van der Waals surface area contributed by atoms with E-state index >= 15 is 0 Å².